The Balaban J connectivity index is 0.00000937. The van der Waals surface area contributed by atoms with Gasteiger partial charge in [0.2, 0.25) is 29.7 Å². The molecule has 8 N–H and O–H groups in total. The lowest BCUT2D eigenvalue weighted by molar-refractivity contribution is -0.139. The van der Waals surface area contributed by atoms with E-state index < -0.39 is 24.1 Å². The van der Waals surface area contributed by atoms with Gasteiger partial charge in [0.1, 0.15) is 30.1 Å². The first-order chi connectivity index (χ1) is 33.9. The molecule has 6 rings (SSSR count). The predicted octanol–water partition coefficient (Wildman–Crippen LogP) is -3.22. The first-order valence-electron chi connectivity index (χ1n) is 23.6. The van der Waals surface area contributed by atoms with Gasteiger partial charge in [-0.05, 0) is 30.0 Å². The monoisotopic (exact) mass is 1010 g/mol. The molecule has 2 saturated heterocycles. The molecule has 2 aliphatic heterocycles. The van der Waals surface area contributed by atoms with Crippen molar-refractivity contribution in [2.75, 3.05) is 120 Å². The number of aromatic nitrogens is 9. The van der Waals surface area contributed by atoms with E-state index in [-0.39, 0.29) is 86.8 Å². The summed E-state index contributed by atoms with van der Waals surface area (Å²) in [5.74, 6) is 2.26. The van der Waals surface area contributed by atoms with Crippen molar-refractivity contribution in [3.63, 3.8) is 0 Å². The number of ether oxygens (including phenoxy) is 3. The van der Waals surface area contributed by atoms with Crippen LogP contribution in [0.3, 0.4) is 0 Å². The highest BCUT2D eigenvalue weighted by Crippen LogP contribution is 2.26. The molecule has 2 aliphatic rings. The van der Waals surface area contributed by atoms with Gasteiger partial charge < -0.3 is 78.3 Å². The van der Waals surface area contributed by atoms with Crippen molar-refractivity contribution in [2.24, 2.45) is 17.4 Å². The van der Waals surface area contributed by atoms with Crippen LogP contribution in [0.2, 0.25) is 0 Å². The van der Waals surface area contributed by atoms with E-state index in [1.54, 1.807) is 44.9 Å². The van der Waals surface area contributed by atoms with Gasteiger partial charge in [0.25, 0.3) is 0 Å². The number of carbonyl (C=O) groups is 3. The lowest BCUT2D eigenvalue weighted by Gasteiger charge is -2.38. The molecule has 25 nitrogen and oxygen atoms in total. The molecule has 5 atom stereocenters. The van der Waals surface area contributed by atoms with Crippen LogP contribution in [0.25, 0.3) is 0 Å². The number of carboxylic acids is 1. The number of terminal acetylenes is 1. The Morgan fingerprint density at radius 3 is 1.89 bits per heavy atom. The van der Waals surface area contributed by atoms with Crippen molar-refractivity contribution in [1.82, 2.24) is 54.7 Å². The third-order valence-corrected chi connectivity index (χ3v) is 12.3. The van der Waals surface area contributed by atoms with Crippen LogP contribution in [0.5, 0.6) is 5.75 Å². The Hall–Kier alpha value is -6.27. The van der Waals surface area contributed by atoms with Gasteiger partial charge in [-0.25, -0.2) is 9.36 Å². The minimum Gasteiger partial charge on any atom is -1.00 e. The molecule has 5 heterocycles. The molecule has 3 aromatic heterocycles. The quantitative estimate of drug-likeness (QED) is 0.0253. The maximum atomic E-state index is 14.5. The molecule has 0 spiro atoms. The number of hydrogen-bond donors (Lipinski definition) is 6. The second-order valence-electron chi connectivity index (χ2n) is 17.1. The van der Waals surface area contributed by atoms with Crippen LogP contribution < -0.4 is 39.0 Å². The first-order valence-corrected chi connectivity index (χ1v) is 23.6. The van der Waals surface area contributed by atoms with Gasteiger partial charge in [0, 0.05) is 71.7 Å². The summed E-state index contributed by atoms with van der Waals surface area (Å²) in [5.41, 5.74) is 14.2. The second-order valence-corrected chi connectivity index (χ2v) is 17.1. The Morgan fingerprint density at radius 1 is 0.789 bits per heavy atom. The van der Waals surface area contributed by atoms with Crippen LogP contribution in [-0.2, 0) is 35.0 Å². The number of aliphatic hydroxyl groups excluding tert-OH is 1. The van der Waals surface area contributed by atoms with Crippen molar-refractivity contribution in [1.29, 1.82) is 0 Å². The zero-order valence-corrected chi connectivity index (χ0v) is 41.0. The third kappa shape index (κ3) is 15.9. The van der Waals surface area contributed by atoms with E-state index in [1.807, 2.05) is 9.80 Å². The SMILES string of the molecule is C#CCOCCOCCOCCNc1nc(N2CCN(C(=O)[C@H](CCC(=O)O)n3cc(C(N)CO)nn3)CC2)nc(N2CCN(C(=O)[C@H](Cc3ccc(O)cc3)n3cc(C(N)[C@H](C)CC)nn3)CC2)n1.[Cl-]. The highest BCUT2D eigenvalue weighted by atomic mass is 35.5. The van der Waals surface area contributed by atoms with Gasteiger partial charge in [-0.15, -0.1) is 16.6 Å². The summed E-state index contributed by atoms with van der Waals surface area (Å²) in [4.78, 5) is 61.9. The molecule has 0 radical (unpaired) electrons. The number of nitrogens with two attached hydrogens (primary N) is 2. The van der Waals surface area contributed by atoms with Gasteiger partial charge in [0.15, 0.2) is 0 Å². The summed E-state index contributed by atoms with van der Waals surface area (Å²) in [6.45, 7) is 9.00. The molecule has 2 amide bonds. The van der Waals surface area contributed by atoms with Gasteiger partial charge in [0.05, 0.1) is 69.8 Å². The number of aromatic hydroxyl groups is 1. The molecule has 0 saturated carbocycles. The molecule has 26 heteroatoms. The highest BCUT2D eigenvalue weighted by Gasteiger charge is 2.34. The maximum absolute atomic E-state index is 14.5. The highest BCUT2D eigenvalue weighted by molar-refractivity contribution is 5.82. The number of hydrogen-bond acceptors (Lipinski definition) is 20. The van der Waals surface area contributed by atoms with Crippen molar-refractivity contribution < 1.29 is 56.3 Å². The topological polar surface area (TPSA) is 317 Å². The Bertz CT molecular complexity index is 2320. The molecule has 1 aromatic carbocycles. The lowest BCUT2D eigenvalue weighted by Crippen LogP contribution is -3.00. The largest absolute Gasteiger partial charge is 1.00 e. The van der Waals surface area contributed by atoms with Gasteiger partial charge >= 0.3 is 5.97 Å². The van der Waals surface area contributed by atoms with Crippen molar-refractivity contribution in [3.05, 3.63) is 53.6 Å². The molecule has 4 aromatic rings. The normalized spacial score (nSPS) is 16.1. The average Bonchev–Trinajstić information content (AvgIpc) is 4.08. The Labute approximate surface area is 418 Å². The Morgan fingerprint density at radius 2 is 1.32 bits per heavy atom. The fraction of sp³-hybridized carbons (Fsp3) is 0.600. The standard InChI is InChI=1S/C45H66N16O9.ClH/c1-4-21-68-23-25-70-26-24-69-22-12-48-43-49-44(58-17-13-56(14-18-58)41(66)37(10-11-39(64)65)60-28-35(52-54-60)34(46)30-62)51-45(50-43)59-19-15-57(16-20-59)42(67)38(27-32-6-8-33(63)9-7-32)61-29-36(53-55-61)40(47)31(3)5-2;/h1,6-9,28-29,31,34,37-38,40,62-63H,5,10-27,30,46-47H2,2-3H3,(H,64,65)(H,48,49,50,51);1H/p-1/t31-,34?,37+,38+,40?;/m1./s1. The number of nitrogens with one attached hydrogen (secondary N) is 1. The second kappa shape index (κ2) is 27.9. The summed E-state index contributed by atoms with van der Waals surface area (Å²) in [6, 6.07) is 3.92. The van der Waals surface area contributed by atoms with Gasteiger partial charge in [-0.1, -0.05) is 48.7 Å². The van der Waals surface area contributed by atoms with Crippen LogP contribution in [0.4, 0.5) is 17.8 Å². The number of amides is 2. The molecule has 2 unspecified atom stereocenters. The van der Waals surface area contributed by atoms with Crippen LogP contribution >= 0.6 is 0 Å². The summed E-state index contributed by atoms with van der Waals surface area (Å²) in [5, 5.41) is 49.0. The summed E-state index contributed by atoms with van der Waals surface area (Å²) in [7, 11) is 0. The van der Waals surface area contributed by atoms with Crippen LogP contribution in [0.1, 0.15) is 74.2 Å². The maximum Gasteiger partial charge on any atom is 0.303 e. The molecular formula is C45H66ClN16O9-. The van der Waals surface area contributed by atoms with Gasteiger partial charge in [-0.2, -0.15) is 15.0 Å². The first kappa shape index (κ1) is 55.7. The van der Waals surface area contributed by atoms with E-state index in [1.165, 1.54) is 10.9 Å². The number of halogens is 1. The molecule has 71 heavy (non-hydrogen) atoms. The van der Waals surface area contributed by atoms with E-state index in [2.05, 4.69) is 45.7 Å². The minimum atomic E-state index is -1.06. The Kier molecular flexibility index (Phi) is 21.9. The summed E-state index contributed by atoms with van der Waals surface area (Å²) >= 11 is 0. The molecular weight excluding hydrogens is 944 g/mol. The van der Waals surface area contributed by atoms with Crippen LogP contribution in [0.15, 0.2) is 36.7 Å². The zero-order valence-electron chi connectivity index (χ0n) is 40.2. The van der Waals surface area contributed by atoms with E-state index in [9.17, 15) is 29.7 Å². The summed E-state index contributed by atoms with van der Waals surface area (Å²) < 4.78 is 19.4. The predicted molar refractivity (Wildman–Crippen MR) is 254 cm³/mol. The van der Waals surface area contributed by atoms with Gasteiger partial charge in [-0.3, -0.25) is 14.4 Å². The number of rotatable bonds is 27. The number of benzene rings is 1. The number of aliphatic hydroxyl groups is 1. The smallest absolute Gasteiger partial charge is 0.303 e. The lowest BCUT2D eigenvalue weighted by atomic mass is 9.98. The number of carboxylic acid groups (broad SMARTS) is 1. The van der Waals surface area contributed by atoms with Crippen LogP contribution in [0, 0.1) is 18.3 Å². The van der Waals surface area contributed by atoms with E-state index >= 15 is 0 Å². The molecule has 2 fully saturated rings. The van der Waals surface area contributed by atoms with Crippen LogP contribution in [-0.4, -0.2) is 193 Å². The third-order valence-electron chi connectivity index (χ3n) is 12.3. The number of carbonyl (C=O) groups excluding carboxylic acids is 2. The average molecular weight is 1010 g/mol. The number of phenols is 1. The number of anilines is 3. The number of aliphatic carboxylic acids is 1. The number of piperazine rings is 2. The van der Waals surface area contributed by atoms with E-state index in [0.29, 0.717) is 109 Å². The number of nitrogens with zero attached hydrogens (tertiary/aromatic N) is 13. The van der Waals surface area contributed by atoms with Crippen molar-refractivity contribution >= 4 is 35.6 Å². The molecule has 388 valence electrons. The zero-order chi connectivity index (χ0) is 50.0. The van der Waals surface area contributed by atoms with E-state index in [4.69, 9.17) is 47.1 Å². The minimum absolute atomic E-state index is 0. The fourth-order valence-electron chi connectivity index (χ4n) is 7.82. The van der Waals surface area contributed by atoms with Crippen molar-refractivity contribution in [3.8, 4) is 18.1 Å². The summed E-state index contributed by atoms with van der Waals surface area (Å²) in [6.07, 6.45) is 9.28. The molecule has 0 bridgehead atoms. The van der Waals surface area contributed by atoms with Crippen molar-refractivity contribution in [2.45, 2.75) is 63.7 Å². The molecule has 0 aliphatic carbocycles. The fourth-order valence-corrected chi connectivity index (χ4v) is 7.82. The van der Waals surface area contributed by atoms with E-state index in [0.717, 1.165) is 12.0 Å². The number of phenolic OH excluding ortho intramolecular Hbond substituents is 1.